The molecule has 0 saturated heterocycles. The van der Waals surface area contributed by atoms with E-state index in [1.807, 2.05) is 0 Å². The average molecular weight is 574 g/mol. The molecule has 0 aliphatic carbocycles. The number of rotatable bonds is 32. The van der Waals surface area contributed by atoms with Gasteiger partial charge in [0.1, 0.15) is 12.4 Å². The van der Waals surface area contributed by atoms with E-state index in [-0.39, 0.29) is 0 Å². The monoisotopic (exact) mass is 574 g/mol. The van der Waals surface area contributed by atoms with Gasteiger partial charge in [0.25, 0.3) is 5.82 Å². The van der Waals surface area contributed by atoms with Crippen LogP contribution < -0.4 is 4.57 Å². The van der Waals surface area contributed by atoms with E-state index in [0.29, 0.717) is 12.0 Å². The summed E-state index contributed by atoms with van der Waals surface area (Å²) in [5.41, 5.74) is 0. The lowest BCUT2D eigenvalue weighted by atomic mass is 9.93. The summed E-state index contributed by atoms with van der Waals surface area (Å²) in [5.74, 6) is 2.24. The maximum absolute atomic E-state index is 3.73. The van der Waals surface area contributed by atoms with Crippen LogP contribution in [-0.4, -0.2) is 4.98 Å². The Kier molecular flexibility index (Phi) is 27.3. The number of hydrogen-bond donors (Lipinski definition) is 1. The standard InChI is InChI=1S/C39H76N2/c1-5-8-11-14-16-18-20-22-23-25-27-29-32-37(4)41-36-35-40-39(41)38(33-30-13-10-7-3)34-31-28-26-24-21-19-17-15-12-9-6-2/h35-38H,5-34H2,1-4H3/p+1. The van der Waals surface area contributed by atoms with Crippen molar-refractivity contribution in [3.8, 4) is 0 Å². The maximum atomic E-state index is 3.73. The fourth-order valence-electron chi connectivity index (χ4n) is 6.78. The van der Waals surface area contributed by atoms with Gasteiger partial charge >= 0.3 is 0 Å². The Morgan fingerprint density at radius 2 is 0.780 bits per heavy atom. The van der Waals surface area contributed by atoms with Gasteiger partial charge in [-0.1, -0.05) is 188 Å². The van der Waals surface area contributed by atoms with Gasteiger partial charge in [-0.2, -0.15) is 0 Å². The van der Waals surface area contributed by atoms with Gasteiger partial charge in [0.15, 0.2) is 0 Å². The fourth-order valence-corrected chi connectivity index (χ4v) is 6.78. The molecular formula is C39H77N2+. The molecule has 1 aromatic heterocycles. The summed E-state index contributed by atoms with van der Waals surface area (Å²) in [5, 5.41) is 0. The van der Waals surface area contributed by atoms with Gasteiger partial charge in [-0.25, -0.2) is 9.55 Å². The lowest BCUT2D eigenvalue weighted by Crippen LogP contribution is -2.41. The van der Waals surface area contributed by atoms with E-state index in [4.69, 9.17) is 0 Å². The van der Waals surface area contributed by atoms with Crippen LogP contribution in [0.3, 0.4) is 0 Å². The van der Waals surface area contributed by atoms with Gasteiger partial charge in [0, 0.05) is 0 Å². The van der Waals surface area contributed by atoms with Crippen molar-refractivity contribution in [2.45, 2.75) is 232 Å². The Morgan fingerprint density at radius 3 is 1.17 bits per heavy atom. The lowest BCUT2D eigenvalue weighted by Gasteiger charge is -2.17. The molecule has 0 aliphatic rings. The second-order valence-electron chi connectivity index (χ2n) is 13.6. The molecule has 0 spiro atoms. The largest absolute Gasteiger partial charge is 0.257 e. The second kappa shape index (κ2) is 29.3. The SMILES string of the molecule is CCCCCCCCCCCCCCC(C)[n+]1cc[nH]c1C(CCCCCC)CCCCCCCCCCCCC. The van der Waals surface area contributed by atoms with E-state index in [9.17, 15) is 0 Å². The zero-order chi connectivity index (χ0) is 29.6. The first-order valence-corrected chi connectivity index (χ1v) is 19.3. The van der Waals surface area contributed by atoms with E-state index in [0.717, 1.165) is 0 Å². The highest BCUT2D eigenvalue weighted by molar-refractivity contribution is 4.90. The lowest BCUT2D eigenvalue weighted by molar-refractivity contribution is -0.727. The maximum Gasteiger partial charge on any atom is 0.257 e. The number of hydrogen-bond acceptors (Lipinski definition) is 0. The molecule has 2 unspecified atom stereocenters. The third-order valence-electron chi connectivity index (χ3n) is 9.64. The van der Waals surface area contributed by atoms with Crippen molar-refractivity contribution in [1.82, 2.24) is 4.98 Å². The van der Waals surface area contributed by atoms with Gasteiger partial charge < -0.3 is 0 Å². The molecule has 2 heteroatoms. The van der Waals surface area contributed by atoms with Crippen molar-refractivity contribution >= 4 is 0 Å². The van der Waals surface area contributed by atoms with Crippen molar-refractivity contribution in [2.24, 2.45) is 0 Å². The summed E-state index contributed by atoms with van der Waals surface area (Å²) in [4.78, 5) is 3.73. The molecule has 0 amide bonds. The number of aromatic nitrogens is 2. The van der Waals surface area contributed by atoms with E-state index >= 15 is 0 Å². The summed E-state index contributed by atoms with van der Waals surface area (Å²) in [6, 6.07) is 0.620. The minimum absolute atomic E-state index is 0.620. The summed E-state index contributed by atoms with van der Waals surface area (Å²) in [7, 11) is 0. The van der Waals surface area contributed by atoms with E-state index in [1.54, 1.807) is 0 Å². The first-order chi connectivity index (χ1) is 20.2. The topological polar surface area (TPSA) is 19.7 Å². The third-order valence-corrected chi connectivity index (χ3v) is 9.64. The molecule has 0 radical (unpaired) electrons. The van der Waals surface area contributed by atoms with E-state index < -0.39 is 0 Å². The zero-order valence-electron chi connectivity index (χ0n) is 29.0. The molecule has 2 atom stereocenters. The highest BCUT2D eigenvalue weighted by Gasteiger charge is 2.25. The van der Waals surface area contributed by atoms with Gasteiger partial charge in [-0.05, 0) is 32.6 Å². The predicted octanol–water partition coefficient (Wildman–Crippen LogP) is 13.7. The Balaban J connectivity index is 2.31. The van der Waals surface area contributed by atoms with Crippen molar-refractivity contribution in [3.05, 3.63) is 18.2 Å². The number of nitrogens with one attached hydrogen (secondary N) is 1. The van der Waals surface area contributed by atoms with Gasteiger partial charge in [-0.3, -0.25) is 0 Å². The molecule has 41 heavy (non-hydrogen) atoms. The summed E-state index contributed by atoms with van der Waals surface area (Å²) >= 11 is 0. The highest BCUT2D eigenvalue weighted by Crippen LogP contribution is 2.27. The van der Waals surface area contributed by atoms with Gasteiger partial charge in [-0.15, -0.1) is 0 Å². The van der Waals surface area contributed by atoms with Crippen LogP contribution in [0, 0.1) is 0 Å². The van der Waals surface area contributed by atoms with E-state index in [1.165, 1.54) is 198 Å². The first kappa shape index (κ1) is 38.2. The van der Waals surface area contributed by atoms with Crippen LogP contribution in [0.2, 0.25) is 0 Å². The first-order valence-electron chi connectivity index (χ1n) is 19.3. The van der Waals surface area contributed by atoms with Crippen LogP contribution in [0.4, 0.5) is 0 Å². The number of H-pyrrole nitrogens is 1. The van der Waals surface area contributed by atoms with Crippen LogP contribution in [-0.2, 0) is 0 Å². The van der Waals surface area contributed by atoms with Crippen molar-refractivity contribution in [2.75, 3.05) is 0 Å². The minimum Gasteiger partial charge on any atom is -0.247 e. The van der Waals surface area contributed by atoms with Crippen LogP contribution in [0.15, 0.2) is 12.4 Å². The molecule has 0 saturated carbocycles. The van der Waals surface area contributed by atoms with Gasteiger partial charge in [0.05, 0.1) is 12.0 Å². The van der Waals surface area contributed by atoms with Crippen molar-refractivity contribution in [1.29, 1.82) is 0 Å². The zero-order valence-corrected chi connectivity index (χ0v) is 29.0. The summed E-state index contributed by atoms with van der Waals surface area (Å²) < 4.78 is 2.63. The van der Waals surface area contributed by atoms with E-state index in [2.05, 4.69) is 49.6 Å². The summed E-state index contributed by atoms with van der Waals surface area (Å²) in [6.45, 7) is 9.42. The number of unbranched alkanes of at least 4 members (excludes halogenated alkanes) is 24. The van der Waals surface area contributed by atoms with Crippen LogP contribution in [0.1, 0.15) is 238 Å². The van der Waals surface area contributed by atoms with Crippen LogP contribution in [0.25, 0.3) is 0 Å². The molecule has 0 aliphatic heterocycles. The molecule has 1 rings (SSSR count). The smallest absolute Gasteiger partial charge is 0.247 e. The number of imidazole rings is 1. The second-order valence-corrected chi connectivity index (χ2v) is 13.6. The molecule has 0 fully saturated rings. The average Bonchev–Trinajstić information content (AvgIpc) is 3.47. The Morgan fingerprint density at radius 1 is 0.463 bits per heavy atom. The minimum atomic E-state index is 0.620. The Labute approximate surface area is 259 Å². The Bertz CT molecular complexity index is 635. The summed E-state index contributed by atoms with van der Waals surface area (Å²) in [6.07, 6.45) is 47.2. The van der Waals surface area contributed by atoms with Crippen LogP contribution in [0.5, 0.6) is 0 Å². The molecule has 0 aromatic carbocycles. The molecule has 2 nitrogen and oxygen atoms in total. The van der Waals surface area contributed by atoms with Crippen LogP contribution >= 0.6 is 0 Å². The quantitative estimate of drug-likeness (QED) is 0.0653. The van der Waals surface area contributed by atoms with Crippen molar-refractivity contribution < 1.29 is 4.57 Å². The molecule has 1 aromatic rings. The van der Waals surface area contributed by atoms with Gasteiger partial charge in [0.2, 0.25) is 0 Å². The predicted molar refractivity (Wildman–Crippen MR) is 184 cm³/mol. The number of aromatic amines is 1. The van der Waals surface area contributed by atoms with Crippen molar-refractivity contribution in [3.63, 3.8) is 0 Å². The highest BCUT2D eigenvalue weighted by atomic mass is 15.1. The molecular weight excluding hydrogens is 496 g/mol. The molecule has 1 N–H and O–H groups in total. The normalized spacial score (nSPS) is 13.2. The molecule has 242 valence electrons. The number of nitrogens with zero attached hydrogens (tertiary/aromatic N) is 1. The third kappa shape index (κ3) is 21.5. The molecule has 0 bridgehead atoms. The fraction of sp³-hybridized carbons (Fsp3) is 0.923. The molecule has 1 heterocycles. The Hall–Kier alpha value is -0.790.